The summed E-state index contributed by atoms with van der Waals surface area (Å²) in [6, 6.07) is 8.98. The molecule has 90 valence electrons. The number of carbonyl (C=O) groups excluding carboxylic acids is 1. The van der Waals surface area contributed by atoms with Crippen LogP contribution in [0.25, 0.3) is 0 Å². The molecule has 2 rings (SSSR count). The largest absolute Gasteiger partial charge is 0.497 e. The average Bonchev–Trinajstić information content (AvgIpc) is 2.85. The van der Waals surface area contributed by atoms with Gasteiger partial charge in [0.2, 0.25) is 11.3 Å². The number of anilines is 1. The van der Waals surface area contributed by atoms with Crippen LogP contribution >= 0.6 is 0 Å². The van der Waals surface area contributed by atoms with Gasteiger partial charge >= 0.3 is 5.97 Å². The summed E-state index contributed by atoms with van der Waals surface area (Å²) in [6.07, 6.45) is 0.445. The zero-order chi connectivity index (χ0) is 12.7. The van der Waals surface area contributed by atoms with Crippen LogP contribution in [0.15, 0.2) is 30.3 Å². The molecule has 0 aromatic heterocycles. The molecule has 4 nitrogen and oxygen atoms in total. The van der Waals surface area contributed by atoms with Crippen molar-refractivity contribution in [3.8, 4) is 0 Å². The van der Waals surface area contributed by atoms with Crippen LogP contribution in [-0.2, 0) is 4.79 Å². The van der Waals surface area contributed by atoms with Crippen molar-refractivity contribution in [2.24, 2.45) is 10.8 Å². The summed E-state index contributed by atoms with van der Waals surface area (Å²) in [7, 11) is 0. The zero-order valence-electron chi connectivity index (χ0n) is 9.90. The van der Waals surface area contributed by atoms with Crippen molar-refractivity contribution in [1.82, 2.24) is 0 Å². The van der Waals surface area contributed by atoms with Gasteiger partial charge in [-0.2, -0.15) is 0 Å². The number of hydrogen-bond acceptors (Lipinski definition) is 1. The number of hydrogen-bond donors (Lipinski definition) is 2. The van der Waals surface area contributed by atoms with E-state index in [0.29, 0.717) is 12.1 Å². The lowest BCUT2D eigenvalue weighted by Crippen LogP contribution is -2.35. The lowest BCUT2D eigenvalue weighted by atomic mass is 9.95. The molecular weight excluding hydrogens is 218 g/mol. The Morgan fingerprint density at radius 3 is 2.29 bits per heavy atom. The van der Waals surface area contributed by atoms with Gasteiger partial charge < -0.3 is 15.2 Å². The highest BCUT2D eigenvalue weighted by Gasteiger charge is 2.76. The van der Waals surface area contributed by atoms with Gasteiger partial charge in [0.05, 0.1) is 0 Å². The minimum Gasteiger partial charge on any atom is -0.338 e. The van der Waals surface area contributed by atoms with E-state index in [2.05, 4.69) is 5.32 Å². The maximum atomic E-state index is 12.1. The molecule has 0 bridgehead atoms. The van der Waals surface area contributed by atoms with Gasteiger partial charge in [-0.25, -0.2) is 0 Å². The quantitative estimate of drug-likeness (QED) is 0.621. The Labute approximate surface area is 99.6 Å². The summed E-state index contributed by atoms with van der Waals surface area (Å²) < 4.78 is 0. The van der Waals surface area contributed by atoms with E-state index in [-0.39, 0.29) is 5.91 Å². The third kappa shape index (κ3) is 1.69. The Morgan fingerprint density at radius 2 is 1.88 bits per heavy atom. The second kappa shape index (κ2) is 3.58. The molecular formula is C13H16NO3+. The maximum Gasteiger partial charge on any atom is 0.497 e. The first-order chi connectivity index (χ1) is 7.90. The first kappa shape index (κ1) is 11.6. The van der Waals surface area contributed by atoms with Gasteiger partial charge in [0.25, 0.3) is 0 Å². The van der Waals surface area contributed by atoms with E-state index in [1.54, 1.807) is 12.1 Å². The third-order valence-corrected chi connectivity index (χ3v) is 3.54. The topological polar surface area (TPSA) is 70.7 Å². The minimum atomic E-state index is -1.16. The van der Waals surface area contributed by atoms with Crippen LogP contribution in [0.4, 0.5) is 5.69 Å². The number of aliphatic carboxylic acids is 1. The zero-order valence-corrected chi connectivity index (χ0v) is 9.90. The molecule has 0 saturated heterocycles. The smallest absolute Gasteiger partial charge is 0.338 e. The average molecular weight is 234 g/mol. The second-order valence-electron chi connectivity index (χ2n) is 5.11. The normalized spacial score (nSPS) is 25.1. The molecule has 0 heterocycles. The Morgan fingerprint density at radius 1 is 1.35 bits per heavy atom. The van der Waals surface area contributed by atoms with Crippen LogP contribution in [0.1, 0.15) is 20.3 Å². The lowest BCUT2D eigenvalue weighted by molar-refractivity contribution is -0.120. The van der Waals surface area contributed by atoms with Crippen LogP contribution in [0.2, 0.25) is 0 Å². The highest BCUT2D eigenvalue weighted by Crippen LogP contribution is 2.63. The van der Waals surface area contributed by atoms with Crippen LogP contribution in [0.5, 0.6) is 0 Å². The monoisotopic (exact) mass is 234 g/mol. The number of carboxylic acids is 1. The van der Waals surface area contributed by atoms with Crippen molar-refractivity contribution in [3.63, 3.8) is 0 Å². The summed E-state index contributed by atoms with van der Waals surface area (Å²) in [5.74, 6) is -1.16. The highest BCUT2D eigenvalue weighted by molar-refractivity contribution is 6.12. The minimum absolute atomic E-state index is 0.367. The molecule has 1 fully saturated rings. The molecule has 0 radical (unpaired) electrons. The van der Waals surface area contributed by atoms with Gasteiger partial charge in [-0.15, -0.1) is 0 Å². The highest BCUT2D eigenvalue weighted by atomic mass is 16.4. The van der Waals surface area contributed by atoms with Crippen molar-refractivity contribution in [2.45, 2.75) is 20.3 Å². The molecule has 1 atom stereocenters. The van der Waals surface area contributed by atoms with Crippen LogP contribution in [0, 0.1) is 10.8 Å². The van der Waals surface area contributed by atoms with E-state index in [9.17, 15) is 14.7 Å². The fourth-order valence-corrected chi connectivity index (χ4v) is 2.25. The van der Waals surface area contributed by atoms with Crippen molar-refractivity contribution >= 4 is 17.6 Å². The molecule has 1 aliphatic carbocycles. The number of para-hydroxylation sites is 1. The Balaban J connectivity index is 2.19. The van der Waals surface area contributed by atoms with Crippen LogP contribution in [-0.4, -0.2) is 21.8 Å². The fraction of sp³-hybridized carbons (Fsp3) is 0.385. The van der Waals surface area contributed by atoms with E-state index in [1.165, 1.54) is 0 Å². The van der Waals surface area contributed by atoms with E-state index >= 15 is 0 Å². The molecule has 1 aromatic rings. The predicted octanol–water partition coefficient (Wildman–Crippen LogP) is 2.10. The summed E-state index contributed by atoms with van der Waals surface area (Å²) in [4.78, 5) is 21.4. The van der Waals surface area contributed by atoms with Gasteiger partial charge in [0.15, 0.2) is 0 Å². The molecule has 1 amide bonds. The summed E-state index contributed by atoms with van der Waals surface area (Å²) in [6.45, 7) is 3.67. The predicted molar refractivity (Wildman–Crippen MR) is 65.5 cm³/mol. The van der Waals surface area contributed by atoms with Crippen LogP contribution in [0.3, 0.4) is 0 Å². The van der Waals surface area contributed by atoms with Gasteiger partial charge in [0.1, 0.15) is 0 Å². The Kier molecular flexibility index (Phi) is 2.45. The Bertz CT molecular complexity index is 467. The van der Waals surface area contributed by atoms with Gasteiger partial charge in [0, 0.05) is 5.69 Å². The van der Waals surface area contributed by atoms with Gasteiger partial charge in [-0.3, -0.25) is 4.79 Å². The fourth-order valence-electron chi connectivity index (χ4n) is 2.25. The summed E-state index contributed by atoms with van der Waals surface area (Å²) in [5.41, 5.74) is -0.922. The molecule has 1 saturated carbocycles. The number of amides is 1. The number of carbonyl (C=O) groups is 1. The van der Waals surface area contributed by atoms with Crippen molar-refractivity contribution in [3.05, 3.63) is 30.3 Å². The van der Waals surface area contributed by atoms with Gasteiger partial charge in [-0.1, -0.05) is 32.0 Å². The third-order valence-electron chi connectivity index (χ3n) is 3.54. The number of aliphatic hydroxyl groups excluding tert-OH is 1. The van der Waals surface area contributed by atoms with E-state index < -0.39 is 16.8 Å². The summed E-state index contributed by atoms with van der Waals surface area (Å²) in [5, 5.41) is 12.0. The van der Waals surface area contributed by atoms with Crippen LogP contribution < -0.4 is 5.32 Å². The molecule has 3 N–H and O–H groups in total. The molecule has 17 heavy (non-hydrogen) atoms. The molecule has 1 unspecified atom stereocenters. The molecule has 0 aliphatic heterocycles. The number of rotatable bonds is 3. The van der Waals surface area contributed by atoms with E-state index in [1.807, 2.05) is 32.0 Å². The van der Waals surface area contributed by atoms with Crippen molar-refractivity contribution < 1.29 is 14.7 Å². The van der Waals surface area contributed by atoms with Crippen molar-refractivity contribution in [2.75, 3.05) is 5.32 Å². The molecule has 4 heteroatoms. The lowest BCUT2D eigenvalue weighted by Gasteiger charge is -2.12. The number of carboxylic acid groups (broad SMARTS) is 1. The number of benzene rings is 1. The standard InChI is InChI=1S/C13H15NO3/c1-12(2)8-13(12,11(16)17)10(15)14-9-6-4-3-5-7-9/h3-7H,8H2,1-2H3,(H,14,15)(H,16,17)/p+1. The first-order valence-corrected chi connectivity index (χ1v) is 5.52. The Hall–Kier alpha value is -1.84. The van der Waals surface area contributed by atoms with Gasteiger partial charge in [-0.05, 0) is 24.0 Å². The van der Waals surface area contributed by atoms with E-state index in [0.717, 1.165) is 0 Å². The number of nitrogens with one attached hydrogen (secondary N) is 1. The SMILES string of the molecule is CC1(C)CC1(C(=O)Nc1ccccc1)C(O)=[OH+]. The molecule has 0 spiro atoms. The summed E-state index contributed by atoms with van der Waals surface area (Å²) >= 11 is 0. The van der Waals surface area contributed by atoms with E-state index in [4.69, 9.17) is 0 Å². The van der Waals surface area contributed by atoms with Crippen molar-refractivity contribution in [1.29, 1.82) is 0 Å². The maximum absolute atomic E-state index is 12.1. The first-order valence-electron chi connectivity index (χ1n) is 5.52. The second-order valence-corrected chi connectivity index (χ2v) is 5.11. The molecule has 1 aliphatic rings. The molecule has 1 aromatic carbocycles.